The van der Waals surface area contributed by atoms with Crippen LogP contribution in [0.4, 0.5) is 5.95 Å². The van der Waals surface area contributed by atoms with Gasteiger partial charge in [0.25, 0.3) is 5.91 Å². The van der Waals surface area contributed by atoms with Crippen molar-refractivity contribution in [3.8, 4) is 0 Å². The average molecular weight is 313 g/mol. The molecule has 0 radical (unpaired) electrons. The standard InChI is InChI=1S/C17H23N5O/c1-4-22(5-2)16(23)15-8-12-19-17(20-15)21(3)13-9-14-6-10-18-11-7-14/h6-8,10-12H,4-5,9,13H2,1-3H3. The van der Waals surface area contributed by atoms with Gasteiger partial charge in [0.05, 0.1) is 0 Å². The molecule has 6 heteroatoms. The Morgan fingerprint density at radius 2 is 1.78 bits per heavy atom. The van der Waals surface area contributed by atoms with Gasteiger partial charge in [-0.25, -0.2) is 9.97 Å². The second kappa shape index (κ2) is 8.22. The van der Waals surface area contributed by atoms with Crippen LogP contribution in [0.15, 0.2) is 36.8 Å². The van der Waals surface area contributed by atoms with Crippen LogP contribution in [-0.2, 0) is 6.42 Å². The first kappa shape index (κ1) is 16.9. The summed E-state index contributed by atoms with van der Waals surface area (Å²) in [6.45, 7) is 6.04. The van der Waals surface area contributed by atoms with Crippen LogP contribution in [0.3, 0.4) is 0 Å². The molecule has 0 atom stereocenters. The number of nitrogens with zero attached hydrogens (tertiary/aromatic N) is 5. The Hall–Kier alpha value is -2.50. The predicted octanol–water partition coefficient (Wildman–Crippen LogP) is 2.03. The molecule has 2 rings (SSSR count). The predicted molar refractivity (Wildman–Crippen MR) is 90.5 cm³/mol. The molecule has 0 saturated heterocycles. The van der Waals surface area contributed by atoms with Crippen molar-refractivity contribution in [2.45, 2.75) is 20.3 Å². The van der Waals surface area contributed by atoms with Crippen LogP contribution in [0.2, 0.25) is 0 Å². The largest absolute Gasteiger partial charge is 0.344 e. The van der Waals surface area contributed by atoms with E-state index < -0.39 is 0 Å². The van der Waals surface area contributed by atoms with Crippen molar-refractivity contribution in [1.29, 1.82) is 0 Å². The highest BCUT2D eigenvalue weighted by atomic mass is 16.2. The van der Waals surface area contributed by atoms with Crippen molar-refractivity contribution in [2.24, 2.45) is 0 Å². The van der Waals surface area contributed by atoms with Gasteiger partial charge in [-0.1, -0.05) is 0 Å². The number of amides is 1. The molecule has 0 spiro atoms. The topological polar surface area (TPSA) is 62.2 Å². The van der Waals surface area contributed by atoms with Gasteiger partial charge in [-0.2, -0.15) is 0 Å². The number of carbonyl (C=O) groups excluding carboxylic acids is 1. The lowest BCUT2D eigenvalue weighted by molar-refractivity contribution is 0.0767. The zero-order valence-electron chi connectivity index (χ0n) is 13.9. The van der Waals surface area contributed by atoms with Crippen molar-refractivity contribution in [2.75, 3.05) is 31.6 Å². The zero-order chi connectivity index (χ0) is 16.7. The molecule has 0 unspecified atom stereocenters. The van der Waals surface area contributed by atoms with Crippen LogP contribution < -0.4 is 4.90 Å². The third-order valence-corrected chi connectivity index (χ3v) is 3.74. The molecule has 122 valence electrons. The van der Waals surface area contributed by atoms with E-state index in [1.807, 2.05) is 37.9 Å². The fourth-order valence-corrected chi connectivity index (χ4v) is 2.27. The molecule has 2 aromatic heterocycles. The summed E-state index contributed by atoms with van der Waals surface area (Å²) < 4.78 is 0. The summed E-state index contributed by atoms with van der Waals surface area (Å²) in [7, 11) is 1.93. The average Bonchev–Trinajstić information content (AvgIpc) is 2.61. The third kappa shape index (κ3) is 4.48. The number of aromatic nitrogens is 3. The highest BCUT2D eigenvalue weighted by Crippen LogP contribution is 2.09. The van der Waals surface area contributed by atoms with Gasteiger partial charge in [0.2, 0.25) is 5.95 Å². The van der Waals surface area contributed by atoms with E-state index in [2.05, 4.69) is 15.0 Å². The van der Waals surface area contributed by atoms with E-state index in [9.17, 15) is 4.79 Å². The molecule has 23 heavy (non-hydrogen) atoms. The first-order valence-corrected chi connectivity index (χ1v) is 7.88. The summed E-state index contributed by atoms with van der Waals surface area (Å²) in [4.78, 5) is 28.8. The number of hydrogen-bond acceptors (Lipinski definition) is 5. The number of rotatable bonds is 7. The highest BCUT2D eigenvalue weighted by molar-refractivity contribution is 5.92. The Morgan fingerprint density at radius 3 is 2.43 bits per heavy atom. The monoisotopic (exact) mass is 313 g/mol. The maximum Gasteiger partial charge on any atom is 0.272 e. The van der Waals surface area contributed by atoms with E-state index in [-0.39, 0.29) is 5.91 Å². The number of carbonyl (C=O) groups is 1. The van der Waals surface area contributed by atoms with Crippen LogP contribution in [0.25, 0.3) is 0 Å². The lowest BCUT2D eigenvalue weighted by atomic mass is 10.2. The second-order valence-corrected chi connectivity index (χ2v) is 5.25. The normalized spacial score (nSPS) is 10.4. The fraction of sp³-hybridized carbons (Fsp3) is 0.412. The Kier molecular flexibility index (Phi) is 6.02. The molecule has 0 aliphatic rings. The van der Waals surface area contributed by atoms with Gasteiger partial charge in [-0.05, 0) is 44.0 Å². The molecule has 2 aromatic rings. The third-order valence-electron chi connectivity index (χ3n) is 3.74. The minimum atomic E-state index is -0.0545. The first-order valence-electron chi connectivity index (χ1n) is 7.88. The molecular formula is C17H23N5O. The van der Waals surface area contributed by atoms with E-state index in [1.54, 1.807) is 29.6 Å². The second-order valence-electron chi connectivity index (χ2n) is 5.25. The van der Waals surface area contributed by atoms with Crippen LogP contribution in [-0.4, -0.2) is 52.4 Å². The number of anilines is 1. The molecule has 0 fully saturated rings. The van der Waals surface area contributed by atoms with Crippen LogP contribution >= 0.6 is 0 Å². The van der Waals surface area contributed by atoms with Crippen LogP contribution in [0, 0.1) is 0 Å². The molecule has 0 aliphatic carbocycles. The summed E-state index contributed by atoms with van der Waals surface area (Å²) in [5.74, 6) is 0.512. The first-order chi connectivity index (χ1) is 11.2. The molecular weight excluding hydrogens is 290 g/mol. The zero-order valence-corrected chi connectivity index (χ0v) is 13.9. The fourth-order valence-electron chi connectivity index (χ4n) is 2.27. The van der Waals surface area contributed by atoms with Crippen LogP contribution in [0.1, 0.15) is 29.9 Å². The Morgan fingerprint density at radius 1 is 1.09 bits per heavy atom. The summed E-state index contributed by atoms with van der Waals surface area (Å²) in [6.07, 6.45) is 6.09. The van der Waals surface area contributed by atoms with Gasteiger partial charge < -0.3 is 9.80 Å². The Labute approximate surface area is 137 Å². The van der Waals surface area contributed by atoms with Crippen molar-refractivity contribution in [1.82, 2.24) is 19.9 Å². The molecule has 6 nitrogen and oxygen atoms in total. The smallest absolute Gasteiger partial charge is 0.272 e. The van der Waals surface area contributed by atoms with Gasteiger partial charge in [0.1, 0.15) is 5.69 Å². The molecule has 0 saturated carbocycles. The summed E-state index contributed by atoms with van der Waals surface area (Å²) in [5.41, 5.74) is 1.65. The van der Waals surface area contributed by atoms with Gasteiger partial charge >= 0.3 is 0 Å². The maximum absolute atomic E-state index is 12.4. The van der Waals surface area contributed by atoms with Crippen LogP contribution in [0.5, 0.6) is 0 Å². The van der Waals surface area contributed by atoms with Gasteiger partial charge in [-0.15, -0.1) is 0 Å². The van der Waals surface area contributed by atoms with Crippen molar-refractivity contribution < 1.29 is 4.79 Å². The van der Waals surface area contributed by atoms with Gasteiger partial charge in [0.15, 0.2) is 0 Å². The molecule has 0 aromatic carbocycles. The molecule has 0 aliphatic heterocycles. The molecule has 1 amide bonds. The van der Waals surface area contributed by atoms with E-state index in [1.165, 1.54) is 5.56 Å². The number of likely N-dealkylation sites (N-methyl/N-ethyl adjacent to an activating group) is 1. The van der Waals surface area contributed by atoms with Gasteiger partial charge in [0, 0.05) is 45.3 Å². The summed E-state index contributed by atoms with van der Waals surface area (Å²) >= 11 is 0. The van der Waals surface area contributed by atoms with E-state index in [4.69, 9.17) is 0 Å². The Balaban J connectivity index is 2.05. The molecule has 0 bridgehead atoms. The minimum Gasteiger partial charge on any atom is -0.344 e. The SMILES string of the molecule is CCN(CC)C(=O)c1ccnc(N(C)CCc2ccncc2)n1. The van der Waals surface area contributed by atoms with E-state index >= 15 is 0 Å². The quantitative estimate of drug-likeness (QED) is 0.783. The number of pyridine rings is 1. The van der Waals surface area contributed by atoms with E-state index in [0.29, 0.717) is 24.7 Å². The highest BCUT2D eigenvalue weighted by Gasteiger charge is 2.15. The molecule has 2 heterocycles. The lowest BCUT2D eigenvalue weighted by Crippen LogP contribution is -2.32. The van der Waals surface area contributed by atoms with Crippen molar-refractivity contribution in [3.63, 3.8) is 0 Å². The summed E-state index contributed by atoms with van der Waals surface area (Å²) in [5, 5.41) is 0. The number of hydrogen-bond donors (Lipinski definition) is 0. The lowest BCUT2D eigenvalue weighted by Gasteiger charge is -2.20. The maximum atomic E-state index is 12.4. The molecule has 0 N–H and O–H groups in total. The van der Waals surface area contributed by atoms with E-state index in [0.717, 1.165) is 13.0 Å². The van der Waals surface area contributed by atoms with Gasteiger partial charge in [-0.3, -0.25) is 9.78 Å². The summed E-state index contributed by atoms with van der Waals surface area (Å²) in [6, 6.07) is 5.66. The van der Waals surface area contributed by atoms with Crippen molar-refractivity contribution in [3.05, 3.63) is 48.0 Å². The Bertz CT molecular complexity index is 628. The van der Waals surface area contributed by atoms with Crippen molar-refractivity contribution >= 4 is 11.9 Å². The minimum absolute atomic E-state index is 0.0545.